The molecule has 0 bridgehead atoms. The molecule has 0 aromatic heterocycles. The normalized spacial score (nSPS) is 13.4. The van der Waals surface area contributed by atoms with E-state index in [1.165, 1.54) is 5.56 Å². The monoisotopic (exact) mass is 325 g/mol. The summed E-state index contributed by atoms with van der Waals surface area (Å²) in [7, 11) is 3.24. The molecule has 0 unspecified atom stereocenters. The van der Waals surface area contributed by atoms with Gasteiger partial charge in [-0.15, -0.1) is 0 Å². The highest BCUT2D eigenvalue weighted by Crippen LogP contribution is 2.32. The number of anilines is 1. The summed E-state index contributed by atoms with van der Waals surface area (Å²) in [5.74, 6) is 1.54. The van der Waals surface area contributed by atoms with Crippen LogP contribution in [0.25, 0.3) is 0 Å². The molecule has 4 heteroatoms. The molecule has 3 rings (SSSR count). The van der Waals surface area contributed by atoms with Gasteiger partial charge in [0.05, 0.1) is 20.6 Å². The van der Waals surface area contributed by atoms with Crippen LogP contribution in [0, 0.1) is 6.92 Å². The summed E-state index contributed by atoms with van der Waals surface area (Å²) >= 11 is 0. The van der Waals surface area contributed by atoms with Gasteiger partial charge in [-0.2, -0.15) is 0 Å². The molecule has 0 saturated carbocycles. The topological polar surface area (TPSA) is 38.8 Å². The molecule has 1 aliphatic rings. The van der Waals surface area contributed by atoms with Crippen molar-refractivity contribution in [1.82, 2.24) is 0 Å². The van der Waals surface area contributed by atoms with Gasteiger partial charge >= 0.3 is 0 Å². The molecule has 1 aliphatic heterocycles. The Labute approximate surface area is 143 Å². The quantitative estimate of drug-likeness (QED) is 0.863. The zero-order valence-corrected chi connectivity index (χ0v) is 14.5. The number of benzene rings is 2. The number of aryl methyl sites for hydroxylation is 2. The van der Waals surface area contributed by atoms with Crippen LogP contribution in [0.1, 0.15) is 23.1 Å². The first kappa shape index (κ1) is 16.4. The number of carbonyl (C=O) groups excluding carboxylic acids is 1. The summed E-state index contributed by atoms with van der Waals surface area (Å²) in [6, 6.07) is 11.8. The van der Waals surface area contributed by atoms with Crippen molar-refractivity contribution < 1.29 is 14.3 Å². The number of ether oxygens (including phenoxy) is 2. The third-order valence-corrected chi connectivity index (χ3v) is 4.55. The van der Waals surface area contributed by atoms with Crippen molar-refractivity contribution >= 4 is 11.6 Å². The molecule has 0 aliphatic carbocycles. The standard InChI is InChI=1S/C20H23NO3/c1-14-6-4-7-15-8-5-11-21(20(14)15)19(22)13-16-12-17(23-2)9-10-18(16)24-3/h4,6-7,9-10,12H,5,8,11,13H2,1-3H3. The first-order valence-corrected chi connectivity index (χ1v) is 8.24. The number of fused-ring (bicyclic) bond motifs is 1. The van der Waals surface area contributed by atoms with E-state index in [2.05, 4.69) is 25.1 Å². The molecule has 4 nitrogen and oxygen atoms in total. The SMILES string of the molecule is COc1ccc(OC)c(CC(=O)N2CCCc3cccc(C)c32)c1. The van der Waals surface area contributed by atoms with E-state index in [1.807, 2.05) is 23.1 Å². The van der Waals surface area contributed by atoms with Crippen LogP contribution in [-0.4, -0.2) is 26.7 Å². The Balaban J connectivity index is 1.90. The molecule has 0 saturated heterocycles. The predicted octanol–water partition coefficient (Wildman–Crippen LogP) is 3.53. The summed E-state index contributed by atoms with van der Waals surface area (Å²) in [6.07, 6.45) is 2.33. The van der Waals surface area contributed by atoms with Gasteiger partial charge in [-0.3, -0.25) is 4.79 Å². The zero-order chi connectivity index (χ0) is 17.1. The summed E-state index contributed by atoms with van der Waals surface area (Å²) < 4.78 is 10.7. The molecular weight excluding hydrogens is 302 g/mol. The van der Waals surface area contributed by atoms with Crippen LogP contribution in [0.15, 0.2) is 36.4 Å². The van der Waals surface area contributed by atoms with Crippen molar-refractivity contribution in [3.8, 4) is 11.5 Å². The number of amides is 1. The highest BCUT2D eigenvalue weighted by molar-refractivity contribution is 5.97. The molecule has 0 N–H and O–H groups in total. The van der Waals surface area contributed by atoms with E-state index >= 15 is 0 Å². The second-order valence-electron chi connectivity index (χ2n) is 6.09. The van der Waals surface area contributed by atoms with Gasteiger partial charge in [-0.1, -0.05) is 18.2 Å². The van der Waals surface area contributed by atoms with Gasteiger partial charge in [-0.05, 0) is 49.1 Å². The Morgan fingerprint density at radius 2 is 2.00 bits per heavy atom. The van der Waals surface area contributed by atoms with Crippen molar-refractivity contribution in [2.24, 2.45) is 0 Å². The number of carbonyl (C=O) groups is 1. The van der Waals surface area contributed by atoms with Crippen LogP contribution in [0.2, 0.25) is 0 Å². The summed E-state index contributed by atoms with van der Waals surface area (Å²) in [6.45, 7) is 2.83. The van der Waals surface area contributed by atoms with Crippen LogP contribution in [-0.2, 0) is 17.6 Å². The average molecular weight is 325 g/mol. The lowest BCUT2D eigenvalue weighted by atomic mass is 9.97. The Bertz CT molecular complexity index is 755. The lowest BCUT2D eigenvalue weighted by Crippen LogP contribution is -2.37. The van der Waals surface area contributed by atoms with Crippen LogP contribution < -0.4 is 14.4 Å². The van der Waals surface area contributed by atoms with E-state index in [4.69, 9.17) is 9.47 Å². The molecule has 24 heavy (non-hydrogen) atoms. The molecule has 126 valence electrons. The van der Waals surface area contributed by atoms with Crippen molar-refractivity contribution in [1.29, 1.82) is 0 Å². The fourth-order valence-corrected chi connectivity index (χ4v) is 3.37. The fourth-order valence-electron chi connectivity index (χ4n) is 3.37. The zero-order valence-electron chi connectivity index (χ0n) is 14.5. The Morgan fingerprint density at radius 1 is 1.17 bits per heavy atom. The van der Waals surface area contributed by atoms with Crippen molar-refractivity contribution in [3.63, 3.8) is 0 Å². The number of rotatable bonds is 4. The molecule has 0 spiro atoms. The third-order valence-electron chi connectivity index (χ3n) is 4.55. The van der Waals surface area contributed by atoms with Gasteiger partial charge in [0.15, 0.2) is 0 Å². The predicted molar refractivity (Wildman–Crippen MR) is 95.1 cm³/mol. The average Bonchev–Trinajstić information content (AvgIpc) is 2.61. The number of methoxy groups -OCH3 is 2. The van der Waals surface area contributed by atoms with Gasteiger partial charge < -0.3 is 14.4 Å². The Morgan fingerprint density at radius 3 is 2.75 bits per heavy atom. The highest BCUT2D eigenvalue weighted by atomic mass is 16.5. The first-order valence-electron chi connectivity index (χ1n) is 8.24. The van der Waals surface area contributed by atoms with Crippen LogP contribution in [0.4, 0.5) is 5.69 Å². The molecular formula is C20H23NO3. The minimum atomic E-state index is 0.0943. The molecule has 1 amide bonds. The summed E-state index contributed by atoms with van der Waals surface area (Å²) in [5.41, 5.74) is 4.34. The van der Waals surface area contributed by atoms with Crippen molar-refractivity contribution in [3.05, 3.63) is 53.1 Å². The third kappa shape index (κ3) is 3.09. The molecule has 1 heterocycles. The van der Waals surface area contributed by atoms with E-state index in [1.54, 1.807) is 14.2 Å². The van der Waals surface area contributed by atoms with Crippen LogP contribution in [0.3, 0.4) is 0 Å². The minimum absolute atomic E-state index is 0.0943. The molecule has 0 atom stereocenters. The number of hydrogen-bond acceptors (Lipinski definition) is 3. The largest absolute Gasteiger partial charge is 0.497 e. The molecule has 2 aromatic rings. The lowest BCUT2D eigenvalue weighted by molar-refractivity contribution is -0.118. The molecule has 0 radical (unpaired) electrons. The van der Waals surface area contributed by atoms with Gasteiger partial charge in [-0.25, -0.2) is 0 Å². The van der Waals surface area contributed by atoms with E-state index in [0.717, 1.165) is 42.0 Å². The lowest BCUT2D eigenvalue weighted by Gasteiger charge is -2.31. The number of hydrogen-bond donors (Lipinski definition) is 0. The molecule has 0 fully saturated rings. The molecule has 2 aromatic carbocycles. The van der Waals surface area contributed by atoms with E-state index in [9.17, 15) is 4.79 Å². The number of nitrogens with zero attached hydrogens (tertiary/aromatic N) is 1. The number of para-hydroxylation sites is 1. The van der Waals surface area contributed by atoms with Gasteiger partial charge in [0.2, 0.25) is 5.91 Å². The van der Waals surface area contributed by atoms with Gasteiger partial charge in [0.25, 0.3) is 0 Å². The maximum atomic E-state index is 13.0. The summed E-state index contributed by atoms with van der Waals surface area (Å²) in [4.78, 5) is 14.9. The van der Waals surface area contributed by atoms with Crippen molar-refractivity contribution in [2.45, 2.75) is 26.2 Å². The fraction of sp³-hybridized carbons (Fsp3) is 0.350. The highest BCUT2D eigenvalue weighted by Gasteiger charge is 2.24. The van der Waals surface area contributed by atoms with Crippen LogP contribution >= 0.6 is 0 Å². The van der Waals surface area contributed by atoms with E-state index in [0.29, 0.717) is 12.2 Å². The van der Waals surface area contributed by atoms with Gasteiger partial charge in [0.1, 0.15) is 11.5 Å². The van der Waals surface area contributed by atoms with Crippen molar-refractivity contribution in [2.75, 3.05) is 25.7 Å². The van der Waals surface area contributed by atoms with Gasteiger partial charge in [0, 0.05) is 17.8 Å². The van der Waals surface area contributed by atoms with E-state index < -0.39 is 0 Å². The first-order chi connectivity index (χ1) is 11.6. The maximum Gasteiger partial charge on any atom is 0.231 e. The maximum absolute atomic E-state index is 13.0. The Hall–Kier alpha value is -2.49. The summed E-state index contributed by atoms with van der Waals surface area (Å²) in [5, 5.41) is 0. The minimum Gasteiger partial charge on any atom is -0.497 e. The van der Waals surface area contributed by atoms with E-state index in [-0.39, 0.29) is 5.91 Å². The smallest absolute Gasteiger partial charge is 0.231 e. The second-order valence-corrected chi connectivity index (χ2v) is 6.09. The second kappa shape index (κ2) is 6.95. The van der Waals surface area contributed by atoms with Crippen LogP contribution in [0.5, 0.6) is 11.5 Å². The Kier molecular flexibility index (Phi) is 4.74.